The molecule has 3 aromatic rings. The van der Waals surface area contributed by atoms with Gasteiger partial charge in [-0.1, -0.05) is 79.8 Å². The van der Waals surface area contributed by atoms with Crippen LogP contribution in [0, 0.1) is 0 Å². The first-order valence-corrected chi connectivity index (χ1v) is 12.4. The maximum Gasteiger partial charge on any atom is 0.300 e. The van der Waals surface area contributed by atoms with Crippen LogP contribution in [0.3, 0.4) is 0 Å². The number of methoxy groups -OCH3 is 1. The van der Waals surface area contributed by atoms with Gasteiger partial charge < -0.3 is 14.9 Å². The summed E-state index contributed by atoms with van der Waals surface area (Å²) in [6.45, 7) is 6.19. The van der Waals surface area contributed by atoms with E-state index in [9.17, 15) is 19.8 Å². The highest BCUT2D eigenvalue weighted by atomic mass is 35.5. The number of ether oxygens (including phenoxy) is 1. The number of carbonyl (C=O) groups excluding carboxylic acids is 2. The summed E-state index contributed by atoms with van der Waals surface area (Å²) in [5, 5.41) is 22.6. The fourth-order valence-corrected chi connectivity index (χ4v) is 5.08. The molecular weight excluding hydrogens is 537 g/mol. The van der Waals surface area contributed by atoms with Gasteiger partial charge in [0, 0.05) is 10.0 Å². The number of aliphatic hydroxyl groups is 1. The first kappa shape index (κ1) is 26.9. The van der Waals surface area contributed by atoms with E-state index in [1.54, 1.807) is 12.1 Å². The van der Waals surface area contributed by atoms with E-state index in [4.69, 9.17) is 39.5 Å². The third-order valence-corrected chi connectivity index (χ3v) is 6.94. The first-order chi connectivity index (χ1) is 17.3. The van der Waals surface area contributed by atoms with Gasteiger partial charge in [-0.05, 0) is 46.9 Å². The van der Waals surface area contributed by atoms with Crippen molar-refractivity contribution in [1.82, 2.24) is 0 Å². The summed E-state index contributed by atoms with van der Waals surface area (Å²) in [5.41, 5.74) is 1.27. The molecule has 6 nitrogen and oxygen atoms in total. The van der Waals surface area contributed by atoms with Crippen LogP contribution in [-0.2, 0) is 15.0 Å². The highest BCUT2D eigenvalue weighted by Crippen LogP contribution is 2.47. The van der Waals surface area contributed by atoms with E-state index in [1.165, 1.54) is 37.4 Å². The molecule has 2 N–H and O–H groups in total. The molecule has 0 aliphatic carbocycles. The van der Waals surface area contributed by atoms with E-state index in [1.807, 2.05) is 12.1 Å². The van der Waals surface area contributed by atoms with Crippen LogP contribution in [-0.4, -0.2) is 29.0 Å². The number of hydrogen-bond acceptors (Lipinski definition) is 5. The molecule has 0 saturated carbocycles. The number of aliphatic hydroxyl groups excluding tert-OH is 1. The van der Waals surface area contributed by atoms with E-state index < -0.39 is 23.5 Å². The number of carbonyl (C=O) groups is 2. The van der Waals surface area contributed by atoms with Gasteiger partial charge in [-0.2, -0.15) is 0 Å². The number of phenols is 1. The van der Waals surface area contributed by atoms with Crippen LogP contribution in [0.5, 0.6) is 11.5 Å². The van der Waals surface area contributed by atoms with Crippen LogP contribution in [0.25, 0.3) is 5.76 Å². The van der Waals surface area contributed by atoms with E-state index >= 15 is 0 Å². The number of anilines is 1. The van der Waals surface area contributed by atoms with E-state index in [0.717, 1.165) is 10.5 Å². The number of rotatable bonds is 4. The van der Waals surface area contributed by atoms with Crippen LogP contribution < -0.4 is 9.64 Å². The lowest BCUT2D eigenvalue weighted by atomic mass is 9.85. The molecule has 1 amide bonds. The zero-order chi connectivity index (χ0) is 27.2. The van der Waals surface area contributed by atoms with Gasteiger partial charge in [0.05, 0.1) is 35.0 Å². The molecule has 1 fully saturated rings. The van der Waals surface area contributed by atoms with Gasteiger partial charge in [-0.15, -0.1) is 0 Å². The molecule has 0 radical (unpaired) electrons. The van der Waals surface area contributed by atoms with E-state index in [-0.39, 0.29) is 48.8 Å². The zero-order valence-electron chi connectivity index (χ0n) is 20.5. The summed E-state index contributed by atoms with van der Waals surface area (Å²) >= 11 is 18.6. The van der Waals surface area contributed by atoms with Gasteiger partial charge in [-0.3, -0.25) is 14.5 Å². The standard InChI is InChI=1S/C28H24Cl3NO5/c1-28(2,3)15-7-5-14(6-8-15)23-22(24(34)18-11-17(30)12-19(31)26(18)37-4)25(35)27(36)32(23)20-13-16(29)9-10-21(20)33/h5-13,23,33-34H,1-4H3/b24-22+. The van der Waals surface area contributed by atoms with Crippen LogP contribution in [0.1, 0.15) is 43.5 Å². The van der Waals surface area contributed by atoms with Crippen molar-refractivity contribution < 1.29 is 24.5 Å². The summed E-state index contributed by atoms with van der Waals surface area (Å²) in [7, 11) is 1.36. The molecule has 4 rings (SSSR count). The molecule has 1 aliphatic heterocycles. The number of nitrogens with zero attached hydrogens (tertiary/aromatic N) is 1. The summed E-state index contributed by atoms with van der Waals surface area (Å²) in [4.78, 5) is 28.0. The lowest BCUT2D eigenvalue weighted by Crippen LogP contribution is -2.29. The lowest BCUT2D eigenvalue weighted by molar-refractivity contribution is -0.132. The normalized spacial score (nSPS) is 17.4. The Morgan fingerprint density at radius 1 is 0.946 bits per heavy atom. The maximum atomic E-state index is 13.4. The third kappa shape index (κ3) is 4.89. The molecule has 9 heteroatoms. The molecule has 37 heavy (non-hydrogen) atoms. The number of ketones is 1. The number of halogens is 3. The highest BCUT2D eigenvalue weighted by molar-refractivity contribution is 6.52. The number of aromatic hydroxyl groups is 1. The highest BCUT2D eigenvalue weighted by Gasteiger charge is 2.48. The van der Waals surface area contributed by atoms with Gasteiger partial charge in [0.25, 0.3) is 11.7 Å². The Bertz CT molecular complexity index is 1440. The van der Waals surface area contributed by atoms with Crippen molar-refractivity contribution in [3.8, 4) is 11.5 Å². The van der Waals surface area contributed by atoms with Gasteiger partial charge in [0.2, 0.25) is 0 Å². The molecule has 1 atom stereocenters. The van der Waals surface area contributed by atoms with E-state index in [0.29, 0.717) is 5.56 Å². The molecule has 1 unspecified atom stereocenters. The Hall–Kier alpha value is -3.19. The van der Waals surface area contributed by atoms with Crippen molar-refractivity contribution >= 4 is 57.9 Å². The van der Waals surface area contributed by atoms with Crippen LogP contribution in [0.15, 0.2) is 60.2 Å². The van der Waals surface area contributed by atoms with Crippen molar-refractivity contribution in [1.29, 1.82) is 0 Å². The predicted octanol–water partition coefficient (Wildman–Crippen LogP) is 7.28. The SMILES string of the molecule is COc1c(Cl)cc(Cl)cc1/C(O)=C1\C(=O)C(=O)N(c2cc(Cl)ccc2O)C1c1ccc(C(C)(C)C)cc1. The molecule has 1 aliphatic rings. The lowest BCUT2D eigenvalue weighted by Gasteiger charge is -2.27. The second kappa shape index (κ2) is 9.93. The number of amides is 1. The second-order valence-electron chi connectivity index (χ2n) is 9.64. The van der Waals surface area contributed by atoms with Crippen LogP contribution >= 0.6 is 34.8 Å². The Balaban J connectivity index is 2.02. The van der Waals surface area contributed by atoms with Crippen molar-refractivity contribution in [3.05, 3.63) is 91.9 Å². The number of Topliss-reactive ketones (excluding diaryl/α,β-unsaturated/α-hetero) is 1. The van der Waals surface area contributed by atoms with Crippen LogP contribution in [0.4, 0.5) is 5.69 Å². The largest absolute Gasteiger partial charge is 0.507 e. The van der Waals surface area contributed by atoms with Gasteiger partial charge >= 0.3 is 0 Å². The fourth-order valence-electron chi connectivity index (χ4n) is 4.34. The van der Waals surface area contributed by atoms with Gasteiger partial charge in [-0.25, -0.2) is 0 Å². The Kier molecular flexibility index (Phi) is 7.21. The number of benzene rings is 3. The summed E-state index contributed by atoms with van der Waals surface area (Å²) in [5.74, 6) is -2.60. The molecule has 0 bridgehead atoms. The molecular formula is C28H24Cl3NO5. The molecule has 1 heterocycles. The molecule has 0 aromatic heterocycles. The summed E-state index contributed by atoms with van der Waals surface area (Å²) in [6.07, 6.45) is 0. The molecule has 0 spiro atoms. The minimum atomic E-state index is -1.10. The molecule has 1 saturated heterocycles. The van der Waals surface area contributed by atoms with E-state index in [2.05, 4.69) is 20.8 Å². The van der Waals surface area contributed by atoms with Gasteiger partial charge in [0.1, 0.15) is 17.3 Å². The Morgan fingerprint density at radius 2 is 1.59 bits per heavy atom. The smallest absolute Gasteiger partial charge is 0.300 e. The maximum absolute atomic E-state index is 13.4. The fraction of sp³-hybridized carbons (Fsp3) is 0.214. The monoisotopic (exact) mass is 559 g/mol. The Morgan fingerprint density at radius 3 is 2.19 bits per heavy atom. The molecule has 192 valence electrons. The van der Waals surface area contributed by atoms with Crippen molar-refractivity contribution in [2.75, 3.05) is 12.0 Å². The van der Waals surface area contributed by atoms with Gasteiger partial charge in [0.15, 0.2) is 0 Å². The average Bonchev–Trinajstić information content (AvgIpc) is 3.09. The average molecular weight is 561 g/mol. The van der Waals surface area contributed by atoms with Crippen molar-refractivity contribution in [3.63, 3.8) is 0 Å². The third-order valence-electron chi connectivity index (χ3n) is 6.20. The number of phenolic OH excluding ortho intramolecular Hbond substituents is 1. The second-order valence-corrected chi connectivity index (χ2v) is 10.9. The number of hydrogen-bond donors (Lipinski definition) is 2. The van der Waals surface area contributed by atoms with Crippen molar-refractivity contribution in [2.45, 2.75) is 32.2 Å². The molecule has 3 aromatic carbocycles. The van der Waals surface area contributed by atoms with Crippen LogP contribution in [0.2, 0.25) is 15.1 Å². The summed E-state index contributed by atoms with van der Waals surface area (Å²) < 4.78 is 5.36. The first-order valence-electron chi connectivity index (χ1n) is 11.3. The minimum absolute atomic E-state index is 0.0228. The minimum Gasteiger partial charge on any atom is -0.507 e. The zero-order valence-corrected chi connectivity index (χ0v) is 22.7. The Labute approximate surface area is 229 Å². The predicted molar refractivity (Wildman–Crippen MR) is 146 cm³/mol. The topological polar surface area (TPSA) is 87.1 Å². The quantitative estimate of drug-likeness (QED) is 0.199. The van der Waals surface area contributed by atoms with Crippen molar-refractivity contribution in [2.24, 2.45) is 0 Å². The summed E-state index contributed by atoms with van der Waals surface area (Å²) in [6, 6.07) is 13.3.